The van der Waals surface area contributed by atoms with Crippen LogP contribution in [0.25, 0.3) is 0 Å². The lowest BCUT2D eigenvalue weighted by Crippen LogP contribution is -2.51. The number of aryl methyl sites for hydroxylation is 1. The standard InChI is InChI=1S/C30H34Cl3N3O5S/c1-5-6-16-34-30(38)21(3)35(18-24-25(32)8-7-9-26(24)33)29(37)19-36(27-17-22(31)12-15-28(27)41-4)42(39,40)23-13-10-20(2)11-14-23/h7-15,17,21H,5-6,16,18-19H2,1-4H3,(H,34,38)/t21-/m1/s1. The van der Waals surface area contributed by atoms with Gasteiger partial charge in [-0.2, -0.15) is 0 Å². The third kappa shape index (κ3) is 8.10. The van der Waals surface area contributed by atoms with Gasteiger partial charge in [-0.3, -0.25) is 13.9 Å². The lowest BCUT2D eigenvalue weighted by atomic mass is 10.1. The molecule has 0 radical (unpaired) electrons. The minimum Gasteiger partial charge on any atom is -0.495 e. The van der Waals surface area contributed by atoms with Crippen molar-refractivity contribution in [3.8, 4) is 5.75 Å². The molecule has 8 nitrogen and oxygen atoms in total. The predicted octanol–water partition coefficient (Wildman–Crippen LogP) is 6.49. The van der Waals surface area contributed by atoms with E-state index in [9.17, 15) is 18.0 Å². The molecule has 0 aliphatic heterocycles. The Labute approximate surface area is 262 Å². The first kappa shape index (κ1) is 33.5. The van der Waals surface area contributed by atoms with Crippen LogP contribution in [0.5, 0.6) is 5.75 Å². The largest absolute Gasteiger partial charge is 0.495 e. The summed E-state index contributed by atoms with van der Waals surface area (Å²) in [5.41, 5.74) is 1.35. The molecular formula is C30H34Cl3N3O5S. The fourth-order valence-electron chi connectivity index (χ4n) is 4.18. The summed E-state index contributed by atoms with van der Waals surface area (Å²) in [6, 6.07) is 14.7. The van der Waals surface area contributed by atoms with Crippen molar-refractivity contribution in [1.82, 2.24) is 10.2 Å². The van der Waals surface area contributed by atoms with Gasteiger partial charge in [0.2, 0.25) is 11.8 Å². The van der Waals surface area contributed by atoms with Crippen molar-refractivity contribution in [2.75, 3.05) is 24.5 Å². The minimum absolute atomic E-state index is 0.0333. The van der Waals surface area contributed by atoms with Crippen molar-refractivity contribution in [3.05, 3.63) is 86.9 Å². The lowest BCUT2D eigenvalue weighted by Gasteiger charge is -2.32. The number of carbonyl (C=O) groups is 2. The van der Waals surface area contributed by atoms with Crippen LogP contribution in [-0.4, -0.2) is 51.4 Å². The average molecular weight is 655 g/mol. The number of hydrogen-bond donors (Lipinski definition) is 1. The van der Waals surface area contributed by atoms with Gasteiger partial charge in [-0.1, -0.05) is 71.9 Å². The Hall–Kier alpha value is -2.98. The van der Waals surface area contributed by atoms with Gasteiger partial charge in [0.15, 0.2) is 0 Å². The first-order valence-electron chi connectivity index (χ1n) is 13.3. The second-order valence-corrected chi connectivity index (χ2v) is 12.8. The van der Waals surface area contributed by atoms with Gasteiger partial charge in [0, 0.05) is 33.7 Å². The van der Waals surface area contributed by atoms with Crippen LogP contribution in [0.15, 0.2) is 65.6 Å². The minimum atomic E-state index is -4.31. The third-order valence-corrected chi connectivity index (χ3v) is 9.40. The Morgan fingerprint density at radius 1 is 1.00 bits per heavy atom. The molecule has 0 saturated heterocycles. The van der Waals surface area contributed by atoms with E-state index in [1.54, 1.807) is 43.3 Å². The number of anilines is 1. The Morgan fingerprint density at radius 3 is 2.24 bits per heavy atom. The zero-order chi connectivity index (χ0) is 31.0. The molecule has 226 valence electrons. The third-order valence-electron chi connectivity index (χ3n) is 6.68. The van der Waals surface area contributed by atoms with Crippen LogP contribution < -0.4 is 14.4 Å². The van der Waals surface area contributed by atoms with Gasteiger partial charge >= 0.3 is 0 Å². The number of halogens is 3. The molecule has 0 aliphatic rings. The maximum absolute atomic E-state index is 14.1. The number of methoxy groups -OCH3 is 1. The zero-order valence-electron chi connectivity index (χ0n) is 23.9. The molecule has 2 amide bonds. The van der Waals surface area contributed by atoms with Gasteiger partial charge < -0.3 is 15.0 Å². The zero-order valence-corrected chi connectivity index (χ0v) is 26.9. The first-order chi connectivity index (χ1) is 19.9. The highest BCUT2D eigenvalue weighted by atomic mass is 35.5. The van der Waals surface area contributed by atoms with Crippen LogP contribution in [-0.2, 0) is 26.2 Å². The summed E-state index contributed by atoms with van der Waals surface area (Å²) in [4.78, 5) is 28.5. The number of amides is 2. The molecule has 0 spiro atoms. The number of sulfonamides is 1. The van der Waals surface area contributed by atoms with Gasteiger partial charge in [-0.15, -0.1) is 0 Å². The van der Waals surface area contributed by atoms with E-state index in [0.29, 0.717) is 22.2 Å². The quantitative estimate of drug-likeness (QED) is 0.213. The molecule has 1 N–H and O–H groups in total. The summed E-state index contributed by atoms with van der Waals surface area (Å²) in [5.74, 6) is -0.871. The van der Waals surface area contributed by atoms with E-state index < -0.39 is 34.4 Å². The van der Waals surface area contributed by atoms with Crippen molar-refractivity contribution >= 4 is 62.3 Å². The van der Waals surface area contributed by atoms with Gasteiger partial charge in [0.25, 0.3) is 10.0 Å². The number of rotatable bonds is 13. The summed E-state index contributed by atoms with van der Waals surface area (Å²) in [6.07, 6.45) is 1.64. The number of unbranched alkanes of at least 4 members (excludes halogenated alkanes) is 1. The molecule has 3 aromatic rings. The maximum Gasteiger partial charge on any atom is 0.264 e. The number of hydrogen-bond acceptors (Lipinski definition) is 5. The van der Waals surface area contributed by atoms with Crippen LogP contribution in [0, 0.1) is 6.92 Å². The summed E-state index contributed by atoms with van der Waals surface area (Å²) in [7, 11) is -2.92. The van der Waals surface area contributed by atoms with E-state index >= 15 is 0 Å². The van der Waals surface area contributed by atoms with Crippen molar-refractivity contribution in [2.24, 2.45) is 0 Å². The molecule has 3 rings (SSSR count). The molecule has 12 heteroatoms. The summed E-state index contributed by atoms with van der Waals surface area (Å²) in [6.45, 7) is 5.04. The number of benzene rings is 3. The van der Waals surface area contributed by atoms with E-state index in [2.05, 4.69) is 5.32 Å². The second-order valence-electron chi connectivity index (χ2n) is 9.68. The van der Waals surface area contributed by atoms with Crippen LogP contribution in [0.2, 0.25) is 15.1 Å². The molecule has 0 fully saturated rings. The van der Waals surface area contributed by atoms with E-state index in [1.807, 2.05) is 13.8 Å². The van der Waals surface area contributed by atoms with Crippen LogP contribution in [0.1, 0.15) is 37.8 Å². The summed E-state index contributed by atoms with van der Waals surface area (Å²) in [5, 5.41) is 3.69. The van der Waals surface area contributed by atoms with E-state index in [-0.39, 0.29) is 27.9 Å². The van der Waals surface area contributed by atoms with Crippen molar-refractivity contribution in [2.45, 2.75) is 51.1 Å². The first-order valence-corrected chi connectivity index (χ1v) is 15.9. The molecule has 0 bridgehead atoms. The van der Waals surface area contributed by atoms with Gasteiger partial charge in [-0.25, -0.2) is 8.42 Å². The smallest absolute Gasteiger partial charge is 0.264 e. The maximum atomic E-state index is 14.1. The molecular weight excluding hydrogens is 621 g/mol. The van der Waals surface area contributed by atoms with Crippen molar-refractivity contribution < 1.29 is 22.7 Å². The van der Waals surface area contributed by atoms with Gasteiger partial charge in [0.05, 0.1) is 17.7 Å². The number of nitrogens with zero attached hydrogens (tertiary/aromatic N) is 2. The molecule has 0 heterocycles. The van der Waals surface area contributed by atoms with Crippen LogP contribution in [0.4, 0.5) is 5.69 Å². The summed E-state index contributed by atoms with van der Waals surface area (Å²) >= 11 is 19.1. The van der Waals surface area contributed by atoms with Crippen molar-refractivity contribution in [3.63, 3.8) is 0 Å². The Morgan fingerprint density at radius 2 is 1.64 bits per heavy atom. The highest BCUT2D eigenvalue weighted by Gasteiger charge is 2.34. The Balaban J connectivity index is 2.11. The molecule has 42 heavy (non-hydrogen) atoms. The molecule has 0 aromatic heterocycles. The number of carbonyl (C=O) groups excluding carboxylic acids is 2. The van der Waals surface area contributed by atoms with Crippen molar-refractivity contribution in [1.29, 1.82) is 0 Å². The van der Waals surface area contributed by atoms with E-state index in [0.717, 1.165) is 22.7 Å². The predicted molar refractivity (Wildman–Crippen MR) is 168 cm³/mol. The van der Waals surface area contributed by atoms with E-state index in [1.165, 1.54) is 36.3 Å². The highest BCUT2D eigenvalue weighted by molar-refractivity contribution is 7.92. The topological polar surface area (TPSA) is 96.0 Å². The Kier molecular flexibility index (Phi) is 11.9. The van der Waals surface area contributed by atoms with E-state index in [4.69, 9.17) is 39.5 Å². The average Bonchev–Trinajstić information content (AvgIpc) is 2.95. The molecule has 1 atom stereocenters. The normalized spacial score (nSPS) is 12.0. The van der Waals surface area contributed by atoms with Gasteiger partial charge in [0.1, 0.15) is 18.3 Å². The highest BCUT2D eigenvalue weighted by Crippen LogP contribution is 2.35. The number of nitrogens with one attached hydrogen (secondary N) is 1. The number of ether oxygens (including phenoxy) is 1. The monoisotopic (exact) mass is 653 g/mol. The van der Waals surface area contributed by atoms with Crippen LogP contribution >= 0.6 is 34.8 Å². The second kappa shape index (κ2) is 15.0. The molecule has 3 aromatic carbocycles. The van der Waals surface area contributed by atoms with Crippen LogP contribution in [0.3, 0.4) is 0 Å². The molecule has 0 aliphatic carbocycles. The van der Waals surface area contributed by atoms with Gasteiger partial charge in [-0.05, 0) is 62.7 Å². The fraction of sp³-hybridized carbons (Fsp3) is 0.333. The SMILES string of the molecule is CCCCNC(=O)[C@@H](C)N(Cc1c(Cl)cccc1Cl)C(=O)CN(c1cc(Cl)ccc1OC)S(=O)(=O)c1ccc(C)cc1. The Bertz CT molecular complexity index is 1500. The lowest BCUT2D eigenvalue weighted by molar-refractivity contribution is -0.139. The summed E-state index contributed by atoms with van der Waals surface area (Å²) < 4.78 is 34.5. The fourth-order valence-corrected chi connectivity index (χ4v) is 6.28. The molecule has 0 saturated carbocycles. The molecule has 0 unspecified atom stereocenters.